The summed E-state index contributed by atoms with van der Waals surface area (Å²) in [6.07, 6.45) is 1.45. The van der Waals surface area contributed by atoms with Crippen LogP contribution in [0.4, 0.5) is 0 Å². The number of nitrogens with zero attached hydrogens (tertiary/aromatic N) is 2. The highest BCUT2D eigenvalue weighted by Crippen LogP contribution is 2.19. The molecule has 0 aliphatic carbocycles. The van der Waals surface area contributed by atoms with E-state index in [0.29, 0.717) is 32.2 Å². The second-order valence-corrected chi connectivity index (χ2v) is 10.0. The number of guanidine groups is 1. The van der Waals surface area contributed by atoms with Crippen molar-refractivity contribution < 1.29 is 17.9 Å². The average molecular weight is 503 g/mol. The van der Waals surface area contributed by atoms with E-state index in [9.17, 15) is 13.2 Å². The summed E-state index contributed by atoms with van der Waals surface area (Å²) in [5.41, 5.74) is 0. The molecule has 1 heterocycles. The Labute approximate surface area is 175 Å². The Hall–Kier alpha value is -0.580. The smallest absolute Gasteiger partial charge is 0.309 e. The van der Waals surface area contributed by atoms with Gasteiger partial charge in [0.2, 0.25) is 0 Å². The van der Waals surface area contributed by atoms with Crippen LogP contribution >= 0.6 is 24.0 Å². The Bertz CT molecular complexity index is 565. The van der Waals surface area contributed by atoms with Crippen LogP contribution in [0.2, 0.25) is 0 Å². The van der Waals surface area contributed by atoms with Crippen LogP contribution in [0.15, 0.2) is 4.99 Å². The van der Waals surface area contributed by atoms with Crippen molar-refractivity contribution in [3.05, 3.63) is 0 Å². The highest BCUT2D eigenvalue weighted by atomic mass is 127. The van der Waals surface area contributed by atoms with E-state index in [1.807, 2.05) is 13.8 Å². The number of halogens is 1. The van der Waals surface area contributed by atoms with E-state index in [-0.39, 0.29) is 48.2 Å². The van der Waals surface area contributed by atoms with Crippen LogP contribution in [0.5, 0.6) is 0 Å². The molecule has 1 N–H and O–H groups in total. The molecule has 0 atom stereocenters. The van der Waals surface area contributed by atoms with Crippen molar-refractivity contribution in [3.63, 3.8) is 0 Å². The molecule has 0 aromatic heterocycles. The number of hydrogen-bond donors (Lipinski definition) is 1. The number of sulfone groups is 1. The number of likely N-dealkylation sites (tertiary alicyclic amines) is 1. The van der Waals surface area contributed by atoms with Crippen molar-refractivity contribution in [2.24, 2.45) is 10.9 Å². The first-order valence-corrected chi connectivity index (χ1v) is 10.7. The SMILES string of the molecule is CCNC(=NCCS(=O)(=O)C(C)(C)C)N1CCC(C(=O)OCC)CC1.I. The molecule has 154 valence electrons. The van der Waals surface area contributed by atoms with Crippen LogP contribution in [-0.4, -0.2) is 68.5 Å². The molecule has 1 rings (SSSR count). The lowest BCUT2D eigenvalue weighted by molar-refractivity contribution is -0.149. The van der Waals surface area contributed by atoms with Gasteiger partial charge in [-0.05, 0) is 47.5 Å². The third kappa shape index (κ3) is 7.58. The summed E-state index contributed by atoms with van der Waals surface area (Å²) in [6, 6.07) is 0. The van der Waals surface area contributed by atoms with Gasteiger partial charge < -0.3 is 15.0 Å². The van der Waals surface area contributed by atoms with Crippen molar-refractivity contribution >= 4 is 45.7 Å². The molecule has 0 unspecified atom stereocenters. The van der Waals surface area contributed by atoms with E-state index in [4.69, 9.17) is 4.74 Å². The highest BCUT2D eigenvalue weighted by molar-refractivity contribution is 14.0. The van der Waals surface area contributed by atoms with Crippen LogP contribution in [-0.2, 0) is 19.4 Å². The lowest BCUT2D eigenvalue weighted by atomic mass is 9.97. The first-order chi connectivity index (χ1) is 11.6. The molecular formula is C17H34IN3O4S. The molecule has 0 saturated carbocycles. The van der Waals surface area contributed by atoms with Crippen molar-refractivity contribution in [3.8, 4) is 0 Å². The lowest BCUT2D eigenvalue weighted by Gasteiger charge is -2.33. The van der Waals surface area contributed by atoms with E-state index < -0.39 is 14.6 Å². The number of hydrogen-bond acceptors (Lipinski definition) is 5. The maximum absolute atomic E-state index is 12.2. The van der Waals surface area contributed by atoms with Gasteiger partial charge in [0.1, 0.15) is 0 Å². The minimum absolute atomic E-state index is 0. The zero-order chi connectivity index (χ0) is 19.1. The maximum Gasteiger partial charge on any atom is 0.309 e. The van der Waals surface area contributed by atoms with Gasteiger partial charge in [-0.15, -0.1) is 24.0 Å². The number of aliphatic imine (C=N–C) groups is 1. The fourth-order valence-corrected chi connectivity index (χ4v) is 3.53. The molecule has 0 spiro atoms. The van der Waals surface area contributed by atoms with Gasteiger partial charge in [-0.2, -0.15) is 0 Å². The molecule has 0 bridgehead atoms. The summed E-state index contributed by atoms with van der Waals surface area (Å²) in [5, 5.41) is 3.21. The predicted octanol–water partition coefficient (Wildman–Crippen LogP) is 2.06. The summed E-state index contributed by atoms with van der Waals surface area (Å²) in [7, 11) is -3.18. The number of rotatable bonds is 6. The molecule has 26 heavy (non-hydrogen) atoms. The number of nitrogens with one attached hydrogen (secondary N) is 1. The minimum Gasteiger partial charge on any atom is -0.466 e. The summed E-state index contributed by atoms with van der Waals surface area (Å²) in [6.45, 7) is 11.7. The van der Waals surface area contributed by atoms with E-state index >= 15 is 0 Å². The van der Waals surface area contributed by atoms with Crippen LogP contribution in [0, 0.1) is 5.92 Å². The van der Waals surface area contributed by atoms with Crippen molar-refractivity contribution in [2.45, 2.75) is 52.2 Å². The van der Waals surface area contributed by atoms with Gasteiger partial charge in [-0.3, -0.25) is 9.79 Å². The number of carbonyl (C=O) groups excluding carboxylic acids is 1. The van der Waals surface area contributed by atoms with Gasteiger partial charge in [0.15, 0.2) is 15.8 Å². The van der Waals surface area contributed by atoms with E-state index in [2.05, 4.69) is 15.2 Å². The van der Waals surface area contributed by atoms with Crippen LogP contribution in [0.25, 0.3) is 0 Å². The van der Waals surface area contributed by atoms with Crippen LogP contribution in [0.3, 0.4) is 0 Å². The molecular weight excluding hydrogens is 469 g/mol. The second kappa shape index (κ2) is 11.3. The molecule has 0 amide bonds. The van der Waals surface area contributed by atoms with Gasteiger partial charge >= 0.3 is 5.97 Å². The second-order valence-electron chi connectivity index (χ2n) is 7.18. The van der Waals surface area contributed by atoms with Crippen LogP contribution in [0.1, 0.15) is 47.5 Å². The zero-order valence-corrected chi connectivity index (χ0v) is 19.7. The quantitative estimate of drug-likeness (QED) is 0.259. The number of ether oxygens (including phenoxy) is 1. The number of piperidine rings is 1. The Kier molecular flexibility index (Phi) is 11.1. The van der Waals surface area contributed by atoms with Crippen molar-refractivity contribution in [1.82, 2.24) is 10.2 Å². The average Bonchev–Trinajstić information content (AvgIpc) is 2.53. The van der Waals surface area contributed by atoms with E-state index in [1.165, 1.54) is 0 Å². The molecule has 0 aromatic rings. The highest BCUT2D eigenvalue weighted by Gasteiger charge is 2.29. The molecule has 1 saturated heterocycles. The number of esters is 1. The van der Waals surface area contributed by atoms with Gasteiger partial charge in [0, 0.05) is 19.6 Å². The molecule has 0 radical (unpaired) electrons. The van der Waals surface area contributed by atoms with Crippen molar-refractivity contribution in [2.75, 3.05) is 38.5 Å². The minimum atomic E-state index is -3.18. The normalized spacial score (nSPS) is 16.8. The third-order valence-electron chi connectivity index (χ3n) is 4.30. The van der Waals surface area contributed by atoms with Gasteiger partial charge in [0.25, 0.3) is 0 Å². The third-order valence-corrected chi connectivity index (χ3v) is 6.89. The molecule has 0 aromatic carbocycles. The zero-order valence-electron chi connectivity index (χ0n) is 16.6. The number of carbonyl (C=O) groups is 1. The maximum atomic E-state index is 12.2. The van der Waals surface area contributed by atoms with E-state index in [1.54, 1.807) is 20.8 Å². The Morgan fingerprint density at radius 2 is 1.81 bits per heavy atom. The lowest BCUT2D eigenvalue weighted by Crippen LogP contribution is -2.47. The molecule has 7 nitrogen and oxygen atoms in total. The molecule has 1 fully saturated rings. The van der Waals surface area contributed by atoms with Crippen molar-refractivity contribution in [1.29, 1.82) is 0 Å². The Morgan fingerprint density at radius 1 is 1.23 bits per heavy atom. The Balaban J connectivity index is 0.00000625. The van der Waals surface area contributed by atoms with E-state index in [0.717, 1.165) is 12.8 Å². The largest absolute Gasteiger partial charge is 0.466 e. The summed E-state index contributed by atoms with van der Waals surface area (Å²) >= 11 is 0. The van der Waals surface area contributed by atoms with Gasteiger partial charge in [-0.25, -0.2) is 8.42 Å². The van der Waals surface area contributed by atoms with Gasteiger partial charge in [0.05, 0.1) is 29.6 Å². The van der Waals surface area contributed by atoms with Crippen LogP contribution < -0.4 is 5.32 Å². The topological polar surface area (TPSA) is 88.1 Å². The summed E-state index contributed by atoms with van der Waals surface area (Å²) in [5.74, 6) is 0.569. The fraction of sp³-hybridized carbons (Fsp3) is 0.882. The first-order valence-electron chi connectivity index (χ1n) is 9.04. The summed E-state index contributed by atoms with van der Waals surface area (Å²) in [4.78, 5) is 18.4. The standard InChI is InChI=1S/C17H33N3O4S.HI/c1-6-18-16(19-10-13-25(22,23)17(3,4)5)20-11-8-14(9-12-20)15(21)24-7-2;/h14H,6-13H2,1-5H3,(H,18,19);1H. The van der Waals surface area contributed by atoms with Gasteiger partial charge in [-0.1, -0.05) is 0 Å². The first kappa shape index (κ1) is 25.4. The molecule has 1 aliphatic heterocycles. The molecule has 1 aliphatic rings. The Morgan fingerprint density at radius 3 is 2.27 bits per heavy atom. The predicted molar refractivity (Wildman–Crippen MR) is 116 cm³/mol. The molecule has 9 heteroatoms. The fourth-order valence-electron chi connectivity index (χ4n) is 2.59. The monoisotopic (exact) mass is 503 g/mol. The summed E-state index contributed by atoms with van der Waals surface area (Å²) < 4.78 is 28.7.